The third-order valence-corrected chi connectivity index (χ3v) is 4.80. The number of benzene rings is 1. The van der Waals surface area contributed by atoms with Crippen molar-refractivity contribution >= 4 is 46.5 Å². The lowest BCUT2D eigenvalue weighted by Crippen LogP contribution is -2.21. The zero-order chi connectivity index (χ0) is 24.3. The number of nitrogens with two attached hydrogens (primary N) is 2. The lowest BCUT2D eigenvalue weighted by molar-refractivity contribution is -0.115. The molecular formula is C21H21ClFN7O3. The lowest BCUT2D eigenvalue weighted by Gasteiger charge is -2.09. The van der Waals surface area contributed by atoms with Crippen LogP contribution in [0.1, 0.15) is 46.3 Å². The van der Waals surface area contributed by atoms with Crippen molar-refractivity contribution in [3.8, 4) is 0 Å². The van der Waals surface area contributed by atoms with Gasteiger partial charge in [-0.25, -0.2) is 9.67 Å². The first kappa shape index (κ1) is 23.7. The molecule has 1 aromatic carbocycles. The van der Waals surface area contributed by atoms with Crippen molar-refractivity contribution in [3.05, 3.63) is 64.3 Å². The third-order valence-electron chi connectivity index (χ3n) is 4.55. The van der Waals surface area contributed by atoms with Gasteiger partial charge in [-0.15, -0.1) is 0 Å². The molecule has 10 nitrogen and oxygen atoms in total. The largest absolute Gasteiger partial charge is 0.383 e. The van der Waals surface area contributed by atoms with E-state index in [1.165, 1.54) is 10.7 Å². The third kappa shape index (κ3) is 5.44. The van der Waals surface area contributed by atoms with Gasteiger partial charge < -0.3 is 22.1 Å². The van der Waals surface area contributed by atoms with Gasteiger partial charge in [-0.05, 0) is 37.6 Å². The van der Waals surface area contributed by atoms with Crippen LogP contribution in [-0.4, -0.2) is 32.5 Å². The number of anilines is 3. The number of aromatic nitrogens is 3. The molecule has 0 bridgehead atoms. The number of primary amides is 1. The van der Waals surface area contributed by atoms with Crippen molar-refractivity contribution in [2.24, 2.45) is 5.73 Å². The SMILES string of the molecule is CC(C)n1nc(C(=O)Nc2cc(NC(=O)Cc3ccc(Cl)cc3)cnc2F)c(C(N)=O)c1N. The minimum absolute atomic E-state index is 0.0458. The molecule has 0 aliphatic carbocycles. The number of amides is 3. The Balaban J connectivity index is 1.79. The van der Waals surface area contributed by atoms with E-state index in [4.69, 9.17) is 23.1 Å². The van der Waals surface area contributed by atoms with Crippen LogP contribution in [0.4, 0.5) is 21.6 Å². The van der Waals surface area contributed by atoms with Crippen LogP contribution in [0.3, 0.4) is 0 Å². The number of rotatable bonds is 7. The molecule has 3 rings (SSSR count). The highest BCUT2D eigenvalue weighted by Gasteiger charge is 2.27. The van der Waals surface area contributed by atoms with Crippen molar-refractivity contribution in [3.63, 3.8) is 0 Å². The van der Waals surface area contributed by atoms with E-state index in [2.05, 4.69) is 20.7 Å². The Morgan fingerprint density at radius 3 is 2.45 bits per heavy atom. The van der Waals surface area contributed by atoms with Gasteiger partial charge in [0.1, 0.15) is 11.4 Å². The summed E-state index contributed by atoms with van der Waals surface area (Å²) in [7, 11) is 0. The summed E-state index contributed by atoms with van der Waals surface area (Å²) in [6.45, 7) is 3.49. The van der Waals surface area contributed by atoms with Crippen LogP contribution in [0.15, 0.2) is 36.5 Å². The number of hydrogen-bond acceptors (Lipinski definition) is 6. The topological polar surface area (TPSA) is 158 Å². The van der Waals surface area contributed by atoms with Crippen LogP contribution >= 0.6 is 11.6 Å². The number of carbonyl (C=O) groups is 3. The van der Waals surface area contributed by atoms with E-state index in [-0.39, 0.29) is 46.8 Å². The van der Waals surface area contributed by atoms with Gasteiger partial charge in [0.05, 0.1) is 24.0 Å². The number of nitrogens with zero attached hydrogens (tertiary/aromatic N) is 3. The Kier molecular flexibility index (Phi) is 6.92. The second-order valence-corrected chi connectivity index (χ2v) is 7.82. The quantitative estimate of drug-likeness (QED) is 0.386. The molecule has 0 atom stereocenters. The smallest absolute Gasteiger partial charge is 0.277 e. The van der Waals surface area contributed by atoms with Crippen LogP contribution in [0.5, 0.6) is 0 Å². The molecule has 2 aromatic heterocycles. The molecule has 0 saturated carbocycles. The number of nitrogen functional groups attached to an aromatic ring is 1. The fourth-order valence-electron chi connectivity index (χ4n) is 3.02. The minimum Gasteiger partial charge on any atom is -0.383 e. The Bertz CT molecular complexity index is 1230. The maximum atomic E-state index is 14.2. The normalized spacial score (nSPS) is 10.8. The predicted octanol–water partition coefficient (Wildman–Crippen LogP) is 2.77. The van der Waals surface area contributed by atoms with Crippen LogP contribution in [0.25, 0.3) is 0 Å². The summed E-state index contributed by atoms with van der Waals surface area (Å²) in [6, 6.07) is 7.65. The van der Waals surface area contributed by atoms with Crippen molar-refractivity contribution in [1.29, 1.82) is 0 Å². The number of carbonyl (C=O) groups excluding carboxylic acids is 3. The second-order valence-electron chi connectivity index (χ2n) is 7.38. The molecular weight excluding hydrogens is 453 g/mol. The van der Waals surface area contributed by atoms with Gasteiger partial charge >= 0.3 is 0 Å². The van der Waals surface area contributed by atoms with E-state index in [1.54, 1.807) is 38.1 Å². The molecule has 12 heteroatoms. The average molecular weight is 474 g/mol. The summed E-state index contributed by atoms with van der Waals surface area (Å²) in [5.41, 5.74) is 11.1. The van der Waals surface area contributed by atoms with Crippen LogP contribution in [0, 0.1) is 5.95 Å². The second kappa shape index (κ2) is 9.65. The zero-order valence-corrected chi connectivity index (χ0v) is 18.5. The zero-order valence-electron chi connectivity index (χ0n) is 17.7. The van der Waals surface area contributed by atoms with Crippen LogP contribution in [0.2, 0.25) is 5.02 Å². The highest BCUT2D eigenvalue weighted by Crippen LogP contribution is 2.23. The molecule has 0 aliphatic heterocycles. The summed E-state index contributed by atoms with van der Waals surface area (Å²) < 4.78 is 15.5. The number of hydrogen-bond donors (Lipinski definition) is 4. The van der Waals surface area contributed by atoms with Crippen molar-refractivity contribution in [2.45, 2.75) is 26.3 Å². The van der Waals surface area contributed by atoms with E-state index in [0.29, 0.717) is 5.02 Å². The Morgan fingerprint density at radius 2 is 1.85 bits per heavy atom. The van der Waals surface area contributed by atoms with Gasteiger partial charge in [0.2, 0.25) is 11.9 Å². The number of halogens is 2. The Hall–Kier alpha value is -3.99. The van der Waals surface area contributed by atoms with Gasteiger partial charge in [0, 0.05) is 11.1 Å². The minimum atomic E-state index is -1.00. The van der Waals surface area contributed by atoms with Crippen LogP contribution in [-0.2, 0) is 11.2 Å². The lowest BCUT2D eigenvalue weighted by atomic mass is 10.1. The van der Waals surface area contributed by atoms with Crippen LogP contribution < -0.4 is 22.1 Å². The van der Waals surface area contributed by atoms with E-state index in [1.807, 2.05) is 0 Å². The van der Waals surface area contributed by atoms with Gasteiger partial charge in [-0.3, -0.25) is 14.4 Å². The first-order valence-corrected chi connectivity index (χ1v) is 10.1. The maximum absolute atomic E-state index is 14.2. The van der Waals surface area contributed by atoms with Gasteiger partial charge in [-0.2, -0.15) is 9.49 Å². The highest BCUT2D eigenvalue weighted by atomic mass is 35.5. The fraction of sp³-hybridized carbons (Fsp3) is 0.190. The molecule has 0 spiro atoms. The van der Waals surface area contributed by atoms with Gasteiger partial charge in [-0.1, -0.05) is 23.7 Å². The van der Waals surface area contributed by atoms with Crippen molar-refractivity contribution in [2.75, 3.05) is 16.4 Å². The fourth-order valence-corrected chi connectivity index (χ4v) is 3.15. The molecule has 0 aliphatic rings. The molecule has 33 heavy (non-hydrogen) atoms. The summed E-state index contributed by atoms with van der Waals surface area (Å²) in [5.74, 6) is -3.34. The van der Waals surface area contributed by atoms with E-state index in [0.717, 1.165) is 11.8 Å². The molecule has 172 valence electrons. The van der Waals surface area contributed by atoms with Gasteiger partial charge in [0.15, 0.2) is 5.69 Å². The number of nitrogens with one attached hydrogen (secondary N) is 2. The van der Waals surface area contributed by atoms with E-state index < -0.39 is 17.8 Å². The maximum Gasteiger partial charge on any atom is 0.277 e. The van der Waals surface area contributed by atoms with E-state index in [9.17, 15) is 18.8 Å². The molecule has 3 aromatic rings. The molecule has 2 heterocycles. The Morgan fingerprint density at radius 1 is 1.18 bits per heavy atom. The summed E-state index contributed by atoms with van der Waals surface area (Å²) in [5, 5.41) is 9.45. The molecule has 3 amide bonds. The predicted molar refractivity (Wildman–Crippen MR) is 121 cm³/mol. The summed E-state index contributed by atoms with van der Waals surface area (Å²) in [6.07, 6.45) is 1.15. The van der Waals surface area contributed by atoms with Crippen molar-refractivity contribution in [1.82, 2.24) is 14.8 Å². The first-order chi connectivity index (χ1) is 15.6. The standard InChI is InChI=1S/C21H21ClFN7O3/c1-10(2)30-19(24)16(20(25)32)17(29-30)21(33)28-14-8-13(9-26-18(14)23)27-15(31)7-11-3-5-12(22)6-4-11/h3-6,8-10H,7,24H2,1-2H3,(H2,25,32)(H,27,31)(H,28,33). The monoisotopic (exact) mass is 473 g/mol. The molecule has 0 radical (unpaired) electrons. The molecule has 0 saturated heterocycles. The number of pyridine rings is 1. The van der Waals surface area contributed by atoms with Gasteiger partial charge in [0.25, 0.3) is 11.8 Å². The Labute approximate surface area is 193 Å². The molecule has 0 unspecified atom stereocenters. The summed E-state index contributed by atoms with van der Waals surface area (Å²) >= 11 is 5.83. The highest BCUT2D eigenvalue weighted by molar-refractivity contribution is 6.30. The first-order valence-electron chi connectivity index (χ1n) is 9.75. The average Bonchev–Trinajstić information content (AvgIpc) is 3.10. The summed E-state index contributed by atoms with van der Waals surface area (Å²) in [4.78, 5) is 40.4. The molecule has 6 N–H and O–H groups in total. The molecule has 0 fully saturated rings. The van der Waals surface area contributed by atoms with Crippen molar-refractivity contribution < 1.29 is 18.8 Å². The van der Waals surface area contributed by atoms with E-state index >= 15 is 0 Å².